The minimum Gasteiger partial charge on any atom is -0.395 e. The van der Waals surface area contributed by atoms with Gasteiger partial charge in [-0.15, -0.1) is 0 Å². The van der Waals surface area contributed by atoms with Gasteiger partial charge in [0, 0.05) is 39.0 Å². The molecule has 3 aliphatic rings. The molecule has 1 saturated carbocycles. The van der Waals surface area contributed by atoms with Gasteiger partial charge in [0.15, 0.2) is 0 Å². The van der Waals surface area contributed by atoms with E-state index in [4.69, 9.17) is 5.11 Å². The Labute approximate surface area is 216 Å². The average molecular weight is 537 g/mol. The van der Waals surface area contributed by atoms with Gasteiger partial charge in [-0.2, -0.15) is 0 Å². The number of alkyl halides is 2. The van der Waals surface area contributed by atoms with Gasteiger partial charge >= 0.3 is 0 Å². The number of benzene rings is 1. The number of aliphatic hydroxyl groups is 1. The van der Waals surface area contributed by atoms with Crippen LogP contribution in [0.5, 0.6) is 0 Å². The molecule has 0 atom stereocenters. The summed E-state index contributed by atoms with van der Waals surface area (Å²) >= 11 is 0. The molecule has 3 N–H and O–H groups in total. The monoisotopic (exact) mass is 536 g/mol. The van der Waals surface area contributed by atoms with Gasteiger partial charge in [0.25, 0.3) is 5.92 Å². The zero-order valence-corrected chi connectivity index (χ0v) is 21.6. The first kappa shape index (κ1) is 25.9. The van der Waals surface area contributed by atoms with Crippen LogP contribution in [0.1, 0.15) is 44.2 Å². The van der Waals surface area contributed by atoms with E-state index in [9.17, 15) is 17.2 Å². The third-order valence-electron chi connectivity index (χ3n) is 7.70. The van der Waals surface area contributed by atoms with E-state index in [0.717, 1.165) is 37.3 Å². The maximum atomic E-state index is 13.6. The van der Waals surface area contributed by atoms with Gasteiger partial charge in [0.2, 0.25) is 10.0 Å². The SMILES string of the molecule is O=S(=O)(CCO)Nc1ccc(NCc2cncc(N3CCC(F)(F)CC3)n2)c(N2CCC3(CC2)CC3)c1. The fourth-order valence-electron chi connectivity index (χ4n) is 5.14. The molecule has 37 heavy (non-hydrogen) atoms. The molecule has 0 radical (unpaired) electrons. The predicted octanol–water partition coefficient (Wildman–Crippen LogP) is 3.44. The fraction of sp³-hybridized carbons (Fsp3) is 0.600. The Hall–Kier alpha value is -2.73. The zero-order chi connectivity index (χ0) is 26.1. The molecule has 0 unspecified atom stereocenters. The van der Waals surface area contributed by atoms with Crippen LogP contribution in [0.15, 0.2) is 30.6 Å². The number of sulfonamides is 1. The first-order valence-corrected chi connectivity index (χ1v) is 14.5. The van der Waals surface area contributed by atoms with Gasteiger partial charge in [-0.25, -0.2) is 22.2 Å². The second kappa shape index (κ2) is 10.2. The summed E-state index contributed by atoms with van der Waals surface area (Å²) in [7, 11) is -3.64. The molecule has 2 aromatic rings. The van der Waals surface area contributed by atoms with Crippen LogP contribution >= 0.6 is 0 Å². The average Bonchev–Trinajstić information content (AvgIpc) is 3.62. The van der Waals surface area contributed by atoms with Crippen molar-refractivity contribution < 1.29 is 22.3 Å². The maximum absolute atomic E-state index is 13.6. The molecule has 202 valence electrons. The Balaban J connectivity index is 1.31. The van der Waals surface area contributed by atoms with Crippen LogP contribution in [-0.2, 0) is 16.6 Å². The Morgan fingerprint density at radius 1 is 0.973 bits per heavy atom. The Morgan fingerprint density at radius 3 is 2.35 bits per heavy atom. The Kier molecular flexibility index (Phi) is 7.14. The highest BCUT2D eigenvalue weighted by Gasteiger charge is 2.44. The largest absolute Gasteiger partial charge is 0.395 e. The molecule has 9 nitrogen and oxygen atoms in total. The minimum atomic E-state index is -3.64. The van der Waals surface area contributed by atoms with E-state index in [1.165, 1.54) is 12.8 Å². The number of aromatic nitrogens is 2. The predicted molar refractivity (Wildman–Crippen MR) is 140 cm³/mol. The van der Waals surface area contributed by atoms with Crippen molar-refractivity contribution in [3.63, 3.8) is 0 Å². The van der Waals surface area contributed by atoms with E-state index in [-0.39, 0.29) is 31.7 Å². The molecule has 1 aliphatic carbocycles. The van der Waals surface area contributed by atoms with E-state index in [0.29, 0.717) is 29.2 Å². The number of hydrogen-bond acceptors (Lipinski definition) is 8. The van der Waals surface area contributed by atoms with E-state index < -0.39 is 22.6 Å². The molecule has 5 rings (SSSR count). The first-order valence-electron chi connectivity index (χ1n) is 12.8. The molecular weight excluding hydrogens is 502 g/mol. The third kappa shape index (κ3) is 6.40. The molecule has 3 heterocycles. The topological polar surface area (TPSA) is 111 Å². The van der Waals surface area contributed by atoms with Crippen molar-refractivity contribution >= 4 is 32.9 Å². The highest BCUT2D eigenvalue weighted by molar-refractivity contribution is 7.92. The molecule has 2 aliphatic heterocycles. The minimum absolute atomic E-state index is 0.188. The third-order valence-corrected chi connectivity index (χ3v) is 8.97. The maximum Gasteiger partial charge on any atom is 0.251 e. The summed E-state index contributed by atoms with van der Waals surface area (Å²) < 4.78 is 54.1. The second-order valence-corrected chi connectivity index (χ2v) is 12.3. The Bertz CT molecular complexity index is 1200. The van der Waals surface area contributed by atoms with Gasteiger partial charge in [0.1, 0.15) is 5.82 Å². The van der Waals surface area contributed by atoms with Crippen LogP contribution < -0.4 is 19.8 Å². The van der Waals surface area contributed by atoms with Crippen molar-refractivity contribution in [2.45, 2.75) is 51.0 Å². The summed E-state index contributed by atoms with van der Waals surface area (Å²) in [5, 5.41) is 12.5. The van der Waals surface area contributed by atoms with Crippen molar-refractivity contribution in [3.05, 3.63) is 36.3 Å². The Morgan fingerprint density at radius 2 is 1.68 bits per heavy atom. The van der Waals surface area contributed by atoms with Crippen molar-refractivity contribution in [1.29, 1.82) is 0 Å². The molecule has 3 fully saturated rings. The number of piperidine rings is 2. The van der Waals surface area contributed by atoms with Crippen LogP contribution in [-0.4, -0.2) is 68.0 Å². The lowest BCUT2D eigenvalue weighted by Crippen LogP contribution is -2.39. The van der Waals surface area contributed by atoms with Crippen molar-refractivity contribution in [3.8, 4) is 0 Å². The lowest BCUT2D eigenvalue weighted by atomic mass is 9.93. The highest BCUT2D eigenvalue weighted by atomic mass is 32.2. The number of aliphatic hydroxyl groups excluding tert-OH is 1. The number of rotatable bonds is 9. The summed E-state index contributed by atoms with van der Waals surface area (Å²) in [5.41, 5.74) is 3.39. The van der Waals surface area contributed by atoms with Crippen molar-refractivity contribution in [1.82, 2.24) is 9.97 Å². The van der Waals surface area contributed by atoms with Gasteiger partial charge in [-0.1, -0.05) is 0 Å². The molecule has 1 aromatic heterocycles. The number of hydrogen-bond donors (Lipinski definition) is 3. The van der Waals surface area contributed by atoms with E-state index in [1.807, 2.05) is 17.0 Å². The van der Waals surface area contributed by atoms with Gasteiger partial charge in [0.05, 0.1) is 54.1 Å². The summed E-state index contributed by atoms with van der Waals surface area (Å²) in [6, 6.07) is 5.37. The molecule has 0 amide bonds. The molecule has 12 heteroatoms. The fourth-order valence-corrected chi connectivity index (χ4v) is 5.97. The van der Waals surface area contributed by atoms with Crippen LogP contribution in [0, 0.1) is 5.41 Å². The summed E-state index contributed by atoms with van der Waals surface area (Å²) in [4.78, 5) is 13.0. The summed E-state index contributed by atoms with van der Waals surface area (Å²) in [5.74, 6) is -2.39. The zero-order valence-electron chi connectivity index (χ0n) is 20.8. The summed E-state index contributed by atoms with van der Waals surface area (Å²) in [6.45, 7) is 2.22. The first-order chi connectivity index (χ1) is 17.7. The molecule has 1 aromatic carbocycles. The number of nitrogens with one attached hydrogen (secondary N) is 2. The van der Waals surface area contributed by atoms with Crippen LogP contribution in [0.25, 0.3) is 0 Å². The van der Waals surface area contributed by atoms with Crippen molar-refractivity contribution in [2.75, 3.05) is 58.4 Å². The molecule has 1 spiro atoms. The lowest BCUT2D eigenvalue weighted by Gasteiger charge is -2.35. The quantitative estimate of drug-likeness (QED) is 0.447. The lowest BCUT2D eigenvalue weighted by molar-refractivity contribution is -0.0221. The van der Waals surface area contributed by atoms with Crippen LogP contribution in [0.2, 0.25) is 0 Å². The standard InChI is InChI=1S/C25H34F2N6O3S/c26-25(27)7-11-33(12-8-25)23-18-28-16-20(30-23)17-29-21-2-1-19(31-37(35,36)14-13-34)15-22(21)32-9-5-24(3-4-24)6-10-32/h1-2,15-16,18,29,31,34H,3-14,17H2. The number of halogens is 2. The van der Waals surface area contributed by atoms with E-state index in [2.05, 4.69) is 24.9 Å². The molecule has 0 bridgehead atoms. The van der Waals surface area contributed by atoms with Crippen LogP contribution in [0.3, 0.4) is 0 Å². The van der Waals surface area contributed by atoms with E-state index in [1.54, 1.807) is 18.5 Å². The van der Waals surface area contributed by atoms with Gasteiger partial charge in [-0.05, 0) is 49.3 Å². The summed E-state index contributed by atoms with van der Waals surface area (Å²) in [6.07, 6.45) is 7.70. The molecular formula is C25H34F2N6O3S. The van der Waals surface area contributed by atoms with Gasteiger partial charge < -0.3 is 20.2 Å². The molecule has 2 saturated heterocycles. The smallest absolute Gasteiger partial charge is 0.251 e. The van der Waals surface area contributed by atoms with Gasteiger partial charge in [-0.3, -0.25) is 9.71 Å². The highest BCUT2D eigenvalue weighted by Crippen LogP contribution is 2.54. The second-order valence-electron chi connectivity index (χ2n) is 10.4. The normalized spacial score (nSPS) is 20.6. The number of anilines is 4. The van der Waals surface area contributed by atoms with Crippen molar-refractivity contribution in [2.24, 2.45) is 5.41 Å². The van der Waals surface area contributed by atoms with Crippen LogP contribution in [0.4, 0.5) is 31.7 Å². The number of nitrogens with zero attached hydrogens (tertiary/aromatic N) is 4. The van der Waals surface area contributed by atoms with E-state index >= 15 is 0 Å².